The maximum absolute atomic E-state index is 11.7. The highest BCUT2D eigenvalue weighted by molar-refractivity contribution is 8.01. The van der Waals surface area contributed by atoms with Crippen molar-refractivity contribution < 1.29 is 9.90 Å². The number of nitriles is 1. The highest BCUT2D eigenvalue weighted by atomic mass is 32.2. The third-order valence-electron chi connectivity index (χ3n) is 4.55. The van der Waals surface area contributed by atoms with Crippen molar-refractivity contribution in [1.29, 1.82) is 5.26 Å². The molecule has 0 spiro atoms. The van der Waals surface area contributed by atoms with Crippen LogP contribution in [0.1, 0.15) is 19.4 Å². The predicted octanol–water partition coefficient (Wildman–Crippen LogP) is 4.40. The third kappa shape index (κ3) is 2.88. The topological polar surface area (TPSA) is 91.8 Å². The lowest BCUT2D eigenvalue weighted by molar-refractivity contribution is -0.138. The van der Waals surface area contributed by atoms with Gasteiger partial charge in [-0.1, -0.05) is 36.0 Å². The average Bonchev–Trinajstić information content (AvgIpc) is 3.04. The number of aromatic nitrogens is 3. The van der Waals surface area contributed by atoms with Crippen LogP contribution in [0.5, 0.6) is 0 Å². The van der Waals surface area contributed by atoms with E-state index < -0.39 is 10.7 Å². The zero-order valence-corrected chi connectivity index (χ0v) is 16.1. The van der Waals surface area contributed by atoms with Gasteiger partial charge < -0.3 is 5.11 Å². The zero-order chi connectivity index (χ0) is 19.9. The standard InChI is InChI=1S/C21H16N4O2S/c1-21(2,19(26)27)28-20-24-16-12-23-10-9-18(16)25(20)17-8-7-13(11-22)14-5-3-4-6-15(14)17/h3-10,12H,1-2H3,(H,26,27). The lowest BCUT2D eigenvalue weighted by Crippen LogP contribution is -2.27. The van der Waals surface area contributed by atoms with Crippen molar-refractivity contribution in [2.75, 3.05) is 0 Å². The van der Waals surface area contributed by atoms with E-state index in [0.717, 1.165) is 22.0 Å². The number of pyridine rings is 1. The van der Waals surface area contributed by atoms with E-state index in [4.69, 9.17) is 0 Å². The summed E-state index contributed by atoms with van der Waals surface area (Å²) in [7, 11) is 0. The second-order valence-corrected chi connectivity index (χ2v) is 8.39. The van der Waals surface area contributed by atoms with Crippen molar-refractivity contribution in [2.24, 2.45) is 0 Å². The minimum Gasteiger partial charge on any atom is -0.480 e. The second kappa shape index (κ2) is 6.66. The van der Waals surface area contributed by atoms with E-state index >= 15 is 0 Å². The molecule has 1 N–H and O–H groups in total. The number of thioether (sulfide) groups is 1. The molecule has 2 aromatic carbocycles. The Morgan fingerprint density at radius 3 is 2.64 bits per heavy atom. The molecule has 0 saturated heterocycles. The van der Waals surface area contributed by atoms with Crippen LogP contribution in [0.15, 0.2) is 60.0 Å². The average molecular weight is 388 g/mol. The van der Waals surface area contributed by atoms with Crippen molar-refractivity contribution in [2.45, 2.75) is 23.8 Å². The first-order valence-electron chi connectivity index (χ1n) is 8.59. The third-order valence-corrected chi connectivity index (χ3v) is 5.69. The van der Waals surface area contributed by atoms with E-state index in [1.165, 1.54) is 11.8 Å². The largest absolute Gasteiger partial charge is 0.480 e. The highest BCUT2D eigenvalue weighted by Crippen LogP contribution is 2.37. The molecule has 0 amide bonds. The van der Waals surface area contributed by atoms with Crippen LogP contribution in [0.2, 0.25) is 0 Å². The Bertz CT molecular complexity index is 1270. The molecule has 0 radical (unpaired) electrons. The van der Waals surface area contributed by atoms with Gasteiger partial charge in [-0.25, -0.2) is 4.98 Å². The fourth-order valence-corrected chi connectivity index (χ4v) is 4.03. The summed E-state index contributed by atoms with van der Waals surface area (Å²) in [4.78, 5) is 20.5. The zero-order valence-electron chi connectivity index (χ0n) is 15.2. The molecule has 0 saturated carbocycles. The van der Waals surface area contributed by atoms with Gasteiger partial charge in [0.1, 0.15) is 10.3 Å². The van der Waals surface area contributed by atoms with E-state index in [1.54, 1.807) is 32.3 Å². The van der Waals surface area contributed by atoms with Crippen LogP contribution in [0, 0.1) is 11.3 Å². The summed E-state index contributed by atoms with van der Waals surface area (Å²) < 4.78 is 0.880. The Labute approximate surface area is 165 Å². The lowest BCUT2D eigenvalue weighted by Gasteiger charge is -2.19. The minimum absolute atomic E-state index is 0.560. The predicted molar refractivity (Wildman–Crippen MR) is 109 cm³/mol. The van der Waals surface area contributed by atoms with Gasteiger partial charge in [0.15, 0.2) is 5.16 Å². The molecule has 2 aromatic heterocycles. The number of carboxylic acids is 1. The Hall–Kier alpha value is -3.37. The second-order valence-electron chi connectivity index (χ2n) is 6.80. The number of carboxylic acid groups (broad SMARTS) is 1. The summed E-state index contributed by atoms with van der Waals surface area (Å²) >= 11 is 1.18. The maximum Gasteiger partial charge on any atom is 0.319 e. The number of carbonyl (C=O) groups is 1. The summed E-state index contributed by atoms with van der Waals surface area (Å²) in [6.07, 6.45) is 3.35. The molecule has 0 fully saturated rings. The van der Waals surface area contributed by atoms with E-state index in [-0.39, 0.29) is 0 Å². The Morgan fingerprint density at radius 1 is 1.18 bits per heavy atom. The molecule has 0 unspecified atom stereocenters. The number of aliphatic carboxylic acids is 1. The summed E-state index contributed by atoms with van der Waals surface area (Å²) in [5, 5.41) is 21.3. The van der Waals surface area contributed by atoms with Gasteiger partial charge in [0, 0.05) is 17.0 Å². The number of hydrogen-bond donors (Lipinski definition) is 1. The van der Waals surface area contributed by atoms with Gasteiger partial charge in [0.25, 0.3) is 0 Å². The SMILES string of the molecule is CC(C)(Sc1nc2cnccc2n1-c1ccc(C#N)c2ccccc12)C(=O)O. The molecule has 0 aliphatic heterocycles. The molecule has 7 heteroatoms. The van der Waals surface area contributed by atoms with Crippen molar-refractivity contribution in [3.8, 4) is 11.8 Å². The van der Waals surface area contributed by atoms with Gasteiger partial charge in [-0.15, -0.1) is 0 Å². The van der Waals surface area contributed by atoms with Gasteiger partial charge in [-0.05, 0) is 32.0 Å². The van der Waals surface area contributed by atoms with Gasteiger partial charge in [-0.3, -0.25) is 14.3 Å². The van der Waals surface area contributed by atoms with Crippen molar-refractivity contribution in [3.63, 3.8) is 0 Å². The van der Waals surface area contributed by atoms with Crippen LogP contribution in [-0.4, -0.2) is 30.4 Å². The quantitative estimate of drug-likeness (QED) is 0.521. The molecule has 0 bridgehead atoms. The van der Waals surface area contributed by atoms with E-state index in [2.05, 4.69) is 16.0 Å². The van der Waals surface area contributed by atoms with Crippen LogP contribution in [-0.2, 0) is 4.79 Å². The molecule has 4 aromatic rings. The number of nitrogens with zero attached hydrogens (tertiary/aromatic N) is 4. The van der Waals surface area contributed by atoms with E-state index in [1.807, 2.05) is 41.0 Å². The van der Waals surface area contributed by atoms with Crippen molar-refractivity contribution >= 4 is 39.5 Å². The molecular weight excluding hydrogens is 372 g/mol. The molecule has 0 aliphatic carbocycles. The molecule has 4 rings (SSSR count). The number of rotatable bonds is 4. The van der Waals surface area contributed by atoms with Crippen LogP contribution in [0.4, 0.5) is 0 Å². The molecule has 28 heavy (non-hydrogen) atoms. The molecule has 0 aliphatic rings. The molecule has 0 atom stereocenters. The Morgan fingerprint density at radius 2 is 1.93 bits per heavy atom. The van der Waals surface area contributed by atoms with Crippen LogP contribution >= 0.6 is 11.8 Å². The number of fused-ring (bicyclic) bond motifs is 2. The molecule has 6 nitrogen and oxygen atoms in total. The maximum atomic E-state index is 11.7. The summed E-state index contributed by atoms with van der Waals surface area (Å²) in [6.45, 7) is 3.30. The van der Waals surface area contributed by atoms with Crippen molar-refractivity contribution in [3.05, 3.63) is 60.4 Å². The fraction of sp³-hybridized carbons (Fsp3) is 0.143. The molecule has 138 valence electrons. The van der Waals surface area contributed by atoms with Gasteiger partial charge >= 0.3 is 5.97 Å². The van der Waals surface area contributed by atoms with Gasteiger partial charge in [0.05, 0.1) is 29.0 Å². The van der Waals surface area contributed by atoms with E-state index in [0.29, 0.717) is 16.2 Å². The van der Waals surface area contributed by atoms with E-state index in [9.17, 15) is 15.2 Å². The first kappa shape index (κ1) is 18.0. The molecule has 2 heterocycles. The van der Waals surface area contributed by atoms with Crippen molar-refractivity contribution in [1.82, 2.24) is 14.5 Å². The fourth-order valence-electron chi connectivity index (χ4n) is 3.06. The molecular formula is C21H16N4O2S. The number of benzene rings is 2. The van der Waals surface area contributed by atoms with Crippen LogP contribution in [0.25, 0.3) is 27.5 Å². The summed E-state index contributed by atoms with van der Waals surface area (Å²) in [5.41, 5.74) is 2.94. The summed E-state index contributed by atoms with van der Waals surface area (Å²) in [6, 6.07) is 15.4. The normalized spacial score (nSPS) is 11.6. The first-order valence-corrected chi connectivity index (χ1v) is 9.41. The monoisotopic (exact) mass is 388 g/mol. The smallest absolute Gasteiger partial charge is 0.319 e. The highest BCUT2D eigenvalue weighted by Gasteiger charge is 2.31. The number of imidazole rings is 1. The first-order chi connectivity index (χ1) is 13.4. The number of hydrogen-bond acceptors (Lipinski definition) is 5. The van der Waals surface area contributed by atoms with Gasteiger partial charge in [-0.2, -0.15) is 5.26 Å². The minimum atomic E-state index is -1.06. The lowest BCUT2D eigenvalue weighted by atomic mass is 10.0. The van der Waals surface area contributed by atoms with Crippen LogP contribution in [0.3, 0.4) is 0 Å². The Kier molecular flexibility index (Phi) is 4.28. The summed E-state index contributed by atoms with van der Waals surface area (Å²) in [5.74, 6) is -0.918. The van der Waals surface area contributed by atoms with Crippen LogP contribution < -0.4 is 0 Å². The van der Waals surface area contributed by atoms with Gasteiger partial charge in [0.2, 0.25) is 0 Å². The Balaban J connectivity index is 2.04.